The maximum Gasteiger partial charge on any atom is 0.113 e. The van der Waals surface area contributed by atoms with Gasteiger partial charge in [0.15, 0.2) is 0 Å². The van der Waals surface area contributed by atoms with Gasteiger partial charge in [-0.25, -0.2) is 4.98 Å². The molecule has 0 saturated carbocycles. The van der Waals surface area contributed by atoms with Crippen molar-refractivity contribution in [2.24, 2.45) is 5.92 Å². The third-order valence-electron chi connectivity index (χ3n) is 3.34. The van der Waals surface area contributed by atoms with Crippen molar-refractivity contribution < 1.29 is 0 Å². The first-order chi connectivity index (χ1) is 10.1. The molecule has 2 aromatic rings. The summed E-state index contributed by atoms with van der Waals surface area (Å²) < 4.78 is 2.08. The summed E-state index contributed by atoms with van der Waals surface area (Å²) in [4.78, 5) is 4.41. The number of benzene rings is 1. The molecule has 0 unspecified atom stereocenters. The number of aryl methyl sites for hydroxylation is 1. The monoisotopic (exact) mass is 305 g/mol. The Kier molecular flexibility index (Phi) is 5.83. The Balaban J connectivity index is 2.13. The molecule has 114 valence electrons. The molecule has 1 N–H and O–H groups in total. The lowest BCUT2D eigenvalue weighted by Crippen LogP contribution is -2.18. The molecule has 0 aliphatic heterocycles. The Hall–Kier alpha value is -1.32. The lowest BCUT2D eigenvalue weighted by Gasteiger charge is -2.12. The van der Waals surface area contributed by atoms with E-state index in [0.717, 1.165) is 42.5 Å². The first-order valence-corrected chi connectivity index (χ1v) is 8.01. The van der Waals surface area contributed by atoms with Crippen LogP contribution in [0.15, 0.2) is 30.6 Å². The Morgan fingerprint density at radius 3 is 2.81 bits per heavy atom. The first kappa shape index (κ1) is 16.1. The second-order valence-corrected chi connectivity index (χ2v) is 6.18. The van der Waals surface area contributed by atoms with Gasteiger partial charge in [0.25, 0.3) is 0 Å². The standard InChI is InChI=1S/C17H24ClN3/c1-4-5-17-20-8-9-21(17)16-7-6-14(10-15(16)18)12-19-11-13(2)3/h6-10,13,19H,4-5,11-12H2,1-3H3. The van der Waals surface area contributed by atoms with Gasteiger partial charge in [0.1, 0.15) is 5.82 Å². The van der Waals surface area contributed by atoms with Gasteiger partial charge in [0, 0.05) is 25.4 Å². The maximum absolute atomic E-state index is 6.46. The molecule has 0 saturated heterocycles. The van der Waals surface area contributed by atoms with Gasteiger partial charge in [-0.15, -0.1) is 0 Å². The summed E-state index contributed by atoms with van der Waals surface area (Å²) in [5.41, 5.74) is 2.21. The van der Waals surface area contributed by atoms with Gasteiger partial charge < -0.3 is 9.88 Å². The Bertz CT molecular complexity index is 575. The minimum atomic E-state index is 0.655. The van der Waals surface area contributed by atoms with Crippen LogP contribution in [0, 0.1) is 5.92 Å². The van der Waals surface area contributed by atoms with E-state index >= 15 is 0 Å². The van der Waals surface area contributed by atoms with Crippen LogP contribution >= 0.6 is 11.6 Å². The van der Waals surface area contributed by atoms with E-state index in [9.17, 15) is 0 Å². The van der Waals surface area contributed by atoms with Crippen LogP contribution in [0.25, 0.3) is 5.69 Å². The molecule has 0 radical (unpaired) electrons. The van der Waals surface area contributed by atoms with Gasteiger partial charge in [0.2, 0.25) is 0 Å². The van der Waals surface area contributed by atoms with Crippen molar-refractivity contribution in [1.82, 2.24) is 14.9 Å². The van der Waals surface area contributed by atoms with Crippen molar-refractivity contribution in [2.75, 3.05) is 6.54 Å². The predicted molar refractivity (Wildman–Crippen MR) is 89.1 cm³/mol. The molecule has 0 bridgehead atoms. The van der Waals surface area contributed by atoms with Crippen molar-refractivity contribution in [3.63, 3.8) is 0 Å². The first-order valence-electron chi connectivity index (χ1n) is 7.63. The fourth-order valence-corrected chi connectivity index (χ4v) is 2.62. The third-order valence-corrected chi connectivity index (χ3v) is 3.65. The number of hydrogen-bond donors (Lipinski definition) is 1. The van der Waals surface area contributed by atoms with Crippen LogP contribution < -0.4 is 5.32 Å². The van der Waals surface area contributed by atoms with Gasteiger partial charge in [-0.1, -0.05) is 38.4 Å². The number of rotatable bonds is 7. The zero-order valence-corrected chi connectivity index (χ0v) is 13.8. The lowest BCUT2D eigenvalue weighted by atomic mass is 10.1. The van der Waals surface area contributed by atoms with Gasteiger partial charge in [-0.3, -0.25) is 0 Å². The van der Waals surface area contributed by atoms with Crippen molar-refractivity contribution in [3.8, 4) is 5.69 Å². The molecule has 0 fully saturated rings. The topological polar surface area (TPSA) is 29.9 Å². The summed E-state index contributed by atoms with van der Waals surface area (Å²) in [5.74, 6) is 1.72. The maximum atomic E-state index is 6.46. The Labute approximate surface area is 132 Å². The molecule has 0 aliphatic carbocycles. The Morgan fingerprint density at radius 1 is 1.33 bits per heavy atom. The molecule has 0 aliphatic rings. The molecular formula is C17H24ClN3. The quantitative estimate of drug-likeness (QED) is 0.830. The van der Waals surface area contributed by atoms with E-state index in [0.29, 0.717) is 5.92 Å². The number of nitrogens with one attached hydrogen (secondary N) is 1. The zero-order chi connectivity index (χ0) is 15.2. The molecule has 3 nitrogen and oxygen atoms in total. The predicted octanol–water partition coefficient (Wildman–Crippen LogP) is 4.22. The van der Waals surface area contributed by atoms with Gasteiger partial charge in [-0.2, -0.15) is 0 Å². The van der Waals surface area contributed by atoms with Crippen LogP contribution in [0.3, 0.4) is 0 Å². The summed E-state index contributed by atoms with van der Waals surface area (Å²) >= 11 is 6.46. The van der Waals surface area contributed by atoms with E-state index in [1.54, 1.807) is 0 Å². The van der Waals surface area contributed by atoms with Crippen molar-refractivity contribution in [2.45, 2.75) is 40.2 Å². The molecule has 4 heteroatoms. The fourth-order valence-electron chi connectivity index (χ4n) is 2.32. The van der Waals surface area contributed by atoms with Crippen LogP contribution in [-0.4, -0.2) is 16.1 Å². The summed E-state index contributed by atoms with van der Waals surface area (Å²) in [6.07, 6.45) is 5.84. The summed E-state index contributed by atoms with van der Waals surface area (Å²) in [6.45, 7) is 8.43. The number of aromatic nitrogens is 2. The van der Waals surface area contributed by atoms with E-state index in [1.807, 2.05) is 18.5 Å². The lowest BCUT2D eigenvalue weighted by molar-refractivity contribution is 0.552. The molecule has 0 amide bonds. The van der Waals surface area contributed by atoms with Crippen LogP contribution in [0.1, 0.15) is 38.6 Å². The Morgan fingerprint density at radius 2 is 2.14 bits per heavy atom. The summed E-state index contributed by atoms with van der Waals surface area (Å²) in [7, 11) is 0. The largest absolute Gasteiger partial charge is 0.312 e. The highest BCUT2D eigenvalue weighted by Gasteiger charge is 2.08. The molecular weight excluding hydrogens is 282 g/mol. The van der Waals surface area contributed by atoms with Crippen LogP contribution in [0.4, 0.5) is 0 Å². The molecule has 2 rings (SSSR count). The van der Waals surface area contributed by atoms with E-state index in [-0.39, 0.29) is 0 Å². The normalized spacial score (nSPS) is 11.3. The zero-order valence-electron chi connectivity index (χ0n) is 13.1. The average molecular weight is 306 g/mol. The minimum Gasteiger partial charge on any atom is -0.312 e. The molecule has 21 heavy (non-hydrogen) atoms. The molecule has 1 aromatic carbocycles. The van der Waals surface area contributed by atoms with Crippen molar-refractivity contribution >= 4 is 11.6 Å². The number of nitrogens with zero attached hydrogens (tertiary/aromatic N) is 2. The third kappa shape index (κ3) is 4.32. The van der Waals surface area contributed by atoms with Crippen molar-refractivity contribution in [1.29, 1.82) is 0 Å². The number of halogens is 1. The van der Waals surface area contributed by atoms with E-state index < -0.39 is 0 Å². The van der Waals surface area contributed by atoms with Gasteiger partial charge >= 0.3 is 0 Å². The highest BCUT2D eigenvalue weighted by atomic mass is 35.5. The van der Waals surface area contributed by atoms with Crippen LogP contribution in [0.5, 0.6) is 0 Å². The summed E-state index contributed by atoms with van der Waals surface area (Å²) in [6, 6.07) is 6.25. The molecule has 0 atom stereocenters. The smallest absolute Gasteiger partial charge is 0.113 e. The second-order valence-electron chi connectivity index (χ2n) is 5.77. The van der Waals surface area contributed by atoms with E-state index in [2.05, 4.69) is 47.8 Å². The highest BCUT2D eigenvalue weighted by Crippen LogP contribution is 2.23. The van der Waals surface area contributed by atoms with Crippen molar-refractivity contribution in [3.05, 3.63) is 47.0 Å². The van der Waals surface area contributed by atoms with E-state index in [4.69, 9.17) is 11.6 Å². The molecule has 1 heterocycles. The highest BCUT2D eigenvalue weighted by molar-refractivity contribution is 6.32. The molecule has 1 aromatic heterocycles. The minimum absolute atomic E-state index is 0.655. The number of hydrogen-bond acceptors (Lipinski definition) is 2. The number of imidazole rings is 1. The molecule has 0 spiro atoms. The SMILES string of the molecule is CCCc1nccn1-c1ccc(CNCC(C)C)cc1Cl. The van der Waals surface area contributed by atoms with Crippen LogP contribution in [-0.2, 0) is 13.0 Å². The van der Waals surface area contributed by atoms with Gasteiger partial charge in [-0.05, 0) is 36.6 Å². The fraction of sp³-hybridized carbons (Fsp3) is 0.471. The second kappa shape index (κ2) is 7.62. The average Bonchev–Trinajstić information content (AvgIpc) is 2.87. The van der Waals surface area contributed by atoms with Crippen LogP contribution in [0.2, 0.25) is 5.02 Å². The van der Waals surface area contributed by atoms with E-state index in [1.165, 1.54) is 5.56 Å². The van der Waals surface area contributed by atoms with Gasteiger partial charge in [0.05, 0.1) is 10.7 Å². The summed E-state index contributed by atoms with van der Waals surface area (Å²) in [5, 5.41) is 4.21.